The quantitative estimate of drug-likeness (QED) is 0.872. The van der Waals surface area contributed by atoms with Crippen molar-refractivity contribution in [3.63, 3.8) is 0 Å². The molecule has 3 nitrogen and oxygen atoms in total. The van der Waals surface area contributed by atoms with Gasteiger partial charge in [-0.1, -0.05) is 37.3 Å². The highest BCUT2D eigenvalue weighted by Crippen LogP contribution is 2.37. The van der Waals surface area contributed by atoms with E-state index in [-0.39, 0.29) is 6.10 Å². The van der Waals surface area contributed by atoms with Gasteiger partial charge in [-0.2, -0.15) is 0 Å². The number of hydrogen-bond donors (Lipinski definition) is 1. The first kappa shape index (κ1) is 13.5. The Morgan fingerprint density at radius 2 is 2.11 bits per heavy atom. The zero-order valence-corrected chi connectivity index (χ0v) is 11.1. The standard InChI is InChI=1S/C15H23NO2/c1-2-15(13-7-4-3-5-8-13)17-12-10-14(18-15)9-6-11-16/h3-5,7-8,14H,2,6,9-12,16H2,1H3/t14-,15-/m1/s1. The molecular formula is C15H23NO2. The fourth-order valence-corrected chi connectivity index (χ4v) is 2.50. The summed E-state index contributed by atoms with van der Waals surface area (Å²) >= 11 is 0. The largest absolute Gasteiger partial charge is 0.346 e. The molecule has 2 N–H and O–H groups in total. The summed E-state index contributed by atoms with van der Waals surface area (Å²) < 4.78 is 12.2. The maximum Gasteiger partial charge on any atom is 0.194 e. The van der Waals surface area contributed by atoms with Crippen LogP contribution in [-0.4, -0.2) is 19.3 Å². The Kier molecular flexibility index (Phi) is 4.75. The van der Waals surface area contributed by atoms with Gasteiger partial charge in [0.25, 0.3) is 0 Å². The number of rotatable bonds is 5. The van der Waals surface area contributed by atoms with Gasteiger partial charge in [-0.15, -0.1) is 0 Å². The molecule has 3 heteroatoms. The zero-order chi connectivity index (χ0) is 12.8. The highest BCUT2D eigenvalue weighted by atomic mass is 16.7. The second-order valence-electron chi connectivity index (χ2n) is 4.78. The second-order valence-corrected chi connectivity index (χ2v) is 4.78. The molecule has 0 aliphatic carbocycles. The van der Waals surface area contributed by atoms with Gasteiger partial charge in [0, 0.05) is 12.0 Å². The fourth-order valence-electron chi connectivity index (χ4n) is 2.50. The Labute approximate surface area is 109 Å². The first-order chi connectivity index (χ1) is 8.80. The van der Waals surface area contributed by atoms with Crippen LogP contribution in [0.25, 0.3) is 0 Å². The van der Waals surface area contributed by atoms with Crippen LogP contribution >= 0.6 is 0 Å². The lowest BCUT2D eigenvalue weighted by Crippen LogP contribution is -2.42. The smallest absolute Gasteiger partial charge is 0.194 e. The van der Waals surface area contributed by atoms with Crippen molar-refractivity contribution in [2.45, 2.75) is 44.5 Å². The summed E-state index contributed by atoms with van der Waals surface area (Å²) in [5.74, 6) is -0.557. The predicted molar refractivity (Wildman–Crippen MR) is 72.1 cm³/mol. The van der Waals surface area contributed by atoms with Crippen molar-refractivity contribution in [1.82, 2.24) is 0 Å². The minimum Gasteiger partial charge on any atom is -0.346 e. The molecule has 1 aliphatic heterocycles. The number of benzene rings is 1. The predicted octanol–water partition coefficient (Wildman–Crippen LogP) is 2.79. The molecule has 1 fully saturated rings. The maximum absolute atomic E-state index is 6.23. The third-order valence-electron chi connectivity index (χ3n) is 3.54. The molecule has 0 aromatic heterocycles. The van der Waals surface area contributed by atoms with Crippen LogP contribution in [0, 0.1) is 0 Å². The lowest BCUT2D eigenvalue weighted by atomic mass is 10.00. The highest BCUT2D eigenvalue weighted by molar-refractivity contribution is 5.20. The van der Waals surface area contributed by atoms with Gasteiger partial charge in [0.1, 0.15) is 0 Å². The van der Waals surface area contributed by atoms with Gasteiger partial charge in [-0.3, -0.25) is 0 Å². The van der Waals surface area contributed by atoms with Crippen molar-refractivity contribution >= 4 is 0 Å². The van der Waals surface area contributed by atoms with Crippen molar-refractivity contribution in [3.05, 3.63) is 35.9 Å². The molecule has 2 rings (SSSR count). The van der Waals surface area contributed by atoms with E-state index < -0.39 is 5.79 Å². The van der Waals surface area contributed by atoms with Crippen molar-refractivity contribution in [1.29, 1.82) is 0 Å². The van der Waals surface area contributed by atoms with Gasteiger partial charge in [-0.25, -0.2) is 0 Å². The lowest BCUT2D eigenvalue weighted by molar-refractivity contribution is -0.305. The van der Waals surface area contributed by atoms with Crippen LogP contribution < -0.4 is 5.73 Å². The van der Waals surface area contributed by atoms with Crippen molar-refractivity contribution in [2.24, 2.45) is 5.73 Å². The van der Waals surface area contributed by atoms with Gasteiger partial charge in [0.2, 0.25) is 0 Å². The molecule has 0 bridgehead atoms. The summed E-state index contributed by atoms with van der Waals surface area (Å²) in [6.45, 7) is 3.60. The topological polar surface area (TPSA) is 44.5 Å². The third-order valence-corrected chi connectivity index (χ3v) is 3.54. The Morgan fingerprint density at radius 1 is 1.33 bits per heavy atom. The summed E-state index contributed by atoms with van der Waals surface area (Å²) in [4.78, 5) is 0. The molecule has 0 radical (unpaired) electrons. The second kappa shape index (κ2) is 6.32. The normalized spacial score (nSPS) is 28.2. The van der Waals surface area contributed by atoms with Crippen molar-refractivity contribution < 1.29 is 9.47 Å². The number of hydrogen-bond acceptors (Lipinski definition) is 3. The Bertz CT molecular complexity index is 355. The Hall–Kier alpha value is -0.900. The third kappa shape index (κ3) is 2.91. The molecule has 1 saturated heterocycles. The SMILES string of the molecule is CC[C@@]1(c2ccccc2)OCC[C@@H](CCCN)O1. The summed E-state index contributed by atoms with van der Waals surface area (Å²) in [5.41, 5.74) is 6.69. The van der Waals surface area contributed by atoms with Gasteiger partial charge < -0.3 is 15.2 Å². The lowest BCUT2D eigenvalue weighted by Gasteiger charge is -2.41. The van der Waals surface area contributed by atoms with Crippen LogP contribution in [0.15, 0.2) is 30.3 Å². The van der Waals surface area contributed by atoms with E-state index in [1.807, 2.05) is 18.2 Å². The molecular weight excluding hydrogens is 226 g/mol. The molecule has 1 aliphatic rings. The molecule has 1 heterocycles. The van der Waals surface area contributed by atoms with E-state index in [9.17, 15) is 0 Å². The average Bonchev–Trinajstić information content (AvgIpc) is 2.46. The molecule has 0 amide bonds. The molecule has 2 atom stereocenters. The molecule has 18 heavy (non-hydrogen) atoms. The van der Waals surface area contributed by atoms with E-state index in [1.54, 1.807) is 0 Å². The Balaban J connectivity index is 2.12. The van der Waals surface area contributed by atoms with Crippen LogP contribution in [0.1, 0.15) is 38.2 Å². The maximum atomic E-state index is 6.23. The highest BCUT2D eigenvalue weighted by Gasteiger charge is 2.38. The van der Waals surface area contributed by atoms with E-state index in [2.05, 4.69) is 19.1 Å². The van der Waals surface area contributed by atoms with E-state index in [1.165, 1.54) is 0 Å². The van der Waals surface area contributed by atoms with Crippen LogP contribution in [0.3, 0.4) is 0 Å². The molecule has 0 unspecified atom stereocenters. The first-order valence-electron chi connectivity index (χ1n) is 6.88. The van der Waals surface area contributed by atoms with Gasteiger partial charge in [0.05, 0.1) is 12.7 Å². The van der Waals surface area contributed by atoms with Crippen molar-refractivity contribution in [2.75, 3.05) is 13.2 Å². The molecule has 0 spiro atoms. The van der Waals surface area contributed by atoms with Crippen LogP contribution in [0.5, 0.6) is 0 Å². The fraction of sp³-hybridized carbons (Fsp3) is 0.600. The average molecular weight is 249 g/mol. The molecule has 0 saturated carbocycles. The molecule has 100 valence electrons. The summed E-state index contributed by atoms with van der Waals surface area (Å²) in [5, 5.41) is 0. The zero-order valence-electron chi connectivity index (χ0n) is 11.1. The minimum atomic E-state index is -0.557. The van der Waals surface area contributed by atoms with Crippen LogP contribution in [0.4, 0.5) is 0 Å². The van der Waals surface area contributed by atoms with Gasteiger partial charge >= 0.3 is 0 Å². The monoisotopic (exact) mass is 249 g/mol. The summed E-state index contributed by atoms with van der Waals surface area (Å²) in [7, 11) is 0. The molecule has 1 aromatic rings. The Morgan fingerprint density at radius 3 is 2.78 bits per heavy atom. The first-order valence-corrected chi connectivity index (χ1v) is 6.88. The van der Waals surface area contributed by atoms with Gasteiger partial charge in [0.15, 0.2) is 5.79 Å². The van der Waals surface area contributed by atoms with E-state index >= 15 is 0 Å². The van der Waals surface area contributed by atoms with E-state index in [4.69, 9.17) is 15.2 Å². The van der Waals surface area contributed by atoms with E-state index in [0.29, 0.717) is 0 Å². The van der Waals surface area contributed by atoms with Crippen LogP contribution in [-0.2, 0) is 15.3 Å². The van der Waals surface area contributed by atoms with Crippen LogP contribution in [0.2, 0.25) is 0 Å². The van der Waals surface area contributed by atoms with Gasteiger partial charge in [-0.05, 0) is 25.8 Å². The number of ether oxygens (including phenoxy) is 2. The molecule has 1 aromatic carbocycles. The van der Waals surface area contributed by atoms with E-state index in [0.717, 1.165) is 44.4 Å². The minimum absolute atomic E-state index is 0.266. The summed E-state index contributed by atoms with van der Waals surface area (Å²) in [6.07, 6.45) is 4.10. The van der Waals surface area contributed by atoms with Crippen molar-refractivity contribution in [3.8, 4) is 0 Å². The summed E-state index contributed by atoms with van der Waals surface area (Å²) in [6, 6.07) is 10.2. The number of nitrogens with two attached hydrogens (primary N) is 1.